The second-order valence-corrected chi connectivity index (χ2v) is 5.40. The largest absolute Gasteiger partial charge is 0.481 e. The van der Waals surface area contributed by atoms with Gasteiger partial charge in [0.05, 0.1) is 12.1 Å². The van der Waals surface area contributed by atoms with Crippen molar-refractivity contribution in [1.82, 2.24) is 0 Å². The molecule has 2 aromatic carbocycles. The molecule has 0 fully saturated rings. The number of para-hydroxylation sites is 2. The predicted octanol–water partition coefficient (Wildman–Crippen LogP) is 2.50. The summed E-state index contributed by atoms with van der Waals surface area (Å²) in [6.45, 7) is 0.485. The van der Waals surface area contributed by atoms with Crippen LogP contribution in [-0.4, -0.2) is 29.6 Å². The van der Waals surface area contributed by atoms with Gasteiger partial charge < -0.3 is 14.7 Å². The van der Waals surface area contributed by atoms with Crippen molar-refractivity contribution >= 4 is 17.6 Å². The van der Waals surface area contributed by atoms with Crippen molar-refractivity contribution in [2.75, 3.05) is 11.4 Å². The van der Waals surface area contributed by atoms with Gasteiger partial charge in [0.2, 0.25) is 0 Å². The molecule has 1 unspecified atom stereocenters. The number of carbonyl (C=O) groups excluding carboxylic acids is 1. The van der Waals surface area contributed by atoms with Gasteiger partial charge in [0, 0.05) is 6.54 Å². The van der Waals surface area contributed by atoms with Gasteiger partial charge in [-0.3, -0.25) is 9.59 Å². The number of hydrogen-bond donors (Lipinski definition) is 1. The van der Waals surface area contributed by atoms with Crippen molar-refractivity contribution < 1.29 is 19.4 Å². The number of fused-ring (bicyclic) bond motifs is 1. The number of anilines is 1. The highest BCUT2D eigenvalue weighted by atomic mass is 16.5. The van der Waals surface area contributed by atoms with Gasteiger partial charge in [0.25, 0.3) is 5.91 Å². The van der Waals surface area contributed by atoms with Gasteiger partial charge in [-0.05, 0) is 24.1 Å². The number of hydrogen-bond acceptors (Lipinski definition) is 3. The molecule has 1 heterocycles. The standard InChI is InChI=1S/C18H17NO4/c20-17(21)12-16-18(22)19(11-10-13-6-2-1-3-7-13)14-8-4-5-9-15(14)23-16/h1-9,16H,10-12H2,(H,20,21). The molecule has 0 aliphatic carbocycles. The number of aliphatic carboxylic acids is 1. The summed E-state index contributed by atoms with van der Waals surface area (Å²) in [4.78, 5) is 25.2. The average Bonchev–Trinajstić information content (AvgIpc) is 2.55. The van der Waals surface area contributed by atoms with E-state index < -0.39 is 12.1 Å². The summed E-state index contributed by atoms with van der Waals surface area (Å²) in [5, 5.41) is 8.97. The van der Waals surface area contributed by atoms with Crippen LogP contribution < -0.4 is 9.64 Å². The molecular formula is C18H17NO4. The fourth-order valence-corrected chi connectivity index (χ4v) is 2.68. The number of nitrogens with zero attached hydrogens (tertiary/aromatic N) is 1. The number of carbonyl (C=O) groups is 2. The lowest BCUT2D eigenvalue weighted by Crippen LogP contribution is -2.47. The summed E-state index contributed by atoms with van der Waals surface area (Å²) in [5.74, 6) is -0.806. The average molecular weight is 311 g/mol. The van der Waals surface area contributed by atoms with Gasteiger partial charge >= 0.3 is 5.97 Å². The van der Waals surface area contributed by atoms with Crippen molar-refractivity contribution in [1.29, 1.82) is 0 Å². The molecule has 1 aliphatic rings. The van der Waals surface area contributed by atoms with Crippen molar-refractivity contribution in [3.63, 3.8) is 0 Å². The van der Waals surface area contributed by atoms with Crippen LogP contribution in [0.1, 0.15) is 12.0 Å². The molecule has 1 atom stereocenters. The Bertz CT molecular complexity index is 714. The normalized spacial score (nSPS) is 16.6. The van der Waals surface area contributed by atoms with Crippen LogP contribution in [0.25, 0.3) is 0 Å². The van der Waals surface area contributed by atoms with Crippen molar-refractivity contribution in [3.05, 3.63) is 60.2 Å². The minimum atomic E-state index is -1.05. The van der Waals surface area contributed by atoms with Crippen LogP contribution in [0, 0.1) is 0 Å². The van der Waals surface area contributed by atoms with Crippen molar-refractivity contribution in [2.45, 2.75) is 18.9 Å². The molecule has 0 radical (unpaired) electrons. The molecule has 0 spiro atoms. The van der Waals surface area contributed by atoms with Crippen molar-refractivity contribution in [2.24, 2.45) is 0 Å². The highest BCUT2D eigenvalue weighted by molar-refractivity contribution is 6.01. The Morgan fingerprint density at radius 2 is 1.78 bits per heavy atom. The summed E-state index contributed by atoms with van der Waals surface area (Å²) in [5.41, 5.74) is 1.81. The SMILES string of the molecule is O=C(O)CC1Oc2ccccc2N(CCc2ccccc2)C1=O. The van der Waals surface area contributed by atoms with E-state index in [1.165, 1.54) is 0 Å². The molecule has 1 amide bonds. The summed E-state index contributed by atoms with van der Waals surface area (Å²) < 4.78 is 5.57. The molecule has 0 saturated heterocycles. The van der Waals surface area contributed by atoms with E-state index in [-0.39, 0.29) is 12.3 Å². The lowest BCUT2D eigenvalue weighted by Gasteiger charge is -2.34. The maximum Gasteiger partial charge on any atom is 0.307 e. The third-order valence-corrected chi connectivity index (χ3v) is 3.79. The first-order valence-corrected chi connectivity index (χ1v) is 7.48. The number of benzene rings is 2. The van der Waals surface area contributed by atoms with Crippen LogP contribution in [0.3, 0.4) is 0 Å². The molecular weight excluding hydrogens is 294 g/mol. The third kappa shape index (κ3) is 3.34. The molecule has 1 aliphatic heterocycles. The predicted molar refractivity (Wildman–Crippen MR) is 85.6 cm³/mol. The minimum absolute atomic E-state index is 0.304. The Morgan fingerprint density at radius 1 is 1.09 bits per heavy atom. The van der Waals surface area contributed by atoms with Crippen LogP contribution in [0.4, 0.5) is 5.69 Å². The fourth-order valence-electron chi connectivity index (χ4n) is 2.68. The Balaban J connectivity index is 1.83. The van der Waals surface area contributed by atoms with Gasteiger partial charge in [0.1, 0.15) is 5.75 Å². The van der Waals surface area contributed by atoms with Crippen molar-refractivity contribution in [3.8, 4) is 5.75 Å². The van der Waals surface area contributed by atoms with Gasteiger partial charge in [-0.15, -0.1) is 0 Å². The molecule has 0 bridgehead atoms. The van der Waals surface area contributed by atoms with E-state index in [1.54, 1.807) is 11.0 Å². The first-order chi connectivity index (χ1) is 11.1. The maximum atomic E-state index is 12.6. The van der Waals surface area contributed by atoms with E-state index in [2.05, 4.69) is 0 Å². The lowest BCUT2D eigenvalue weighted by molar-refractivity contribution is -0.142. The van der Waals surface area contributed by atoms with Gasteiger partial charge in [0.15, 0.2) is 6.10 Å². The molecule has 3 rings (SSSR count). The highest BCUT2D eigenvalue weighted by Gasteiger charge is 2.35. The Hall–Kier alpha value is -2.82. The van der Waals surface area contributed by atoms with Gasteiger partial charge in [-0.2, -0.15) is 0 Å². The number of amides is 1. The molecule has 118 valence electrons. The molecule has 5 heteroatoms. The van der Waals surface area contributed by atoms with Crippen LogP contribution in [0.5, 0.6) is 5.75 Å². The Morgan fingerprint density at radius 3 is 2.52 bits per heavy atom. The zero-order chi connectivity index (χ0) is 16.2. The Kier molecular flexibility index (Phi) is 4.28. The molecule has 0 saturated carbocycles. The fraction of sp³-hybridized carbons (Fsp3) is 0.222. The molecule has 1 N–H and O–H groups in total. The first kappa shape index (κ1) is 15.1. The topological polar surface area (TPSA) is 66.8 Å². The number of carboxylic acids is 1. The van der Waals surface area contributed by atoms with E-state index >= 15 is 0 Å². The zero-order valence-electron chi connectivity index (χ0n) is 12.5. The van der Waals surface area contributed by atoms with E-state index in [4.69, 9.17) is 9.84 Å². The number of rotatable bonds is 5. The quantitative estimate of drug-likeness (QED) is 0.921. The summed E-state index contributed by atoms with van der Waals surface area (Å²) in [6.07, 6.45) is -0.617. The van der Waals surface area contributed by atoms with E-state index in [0.29, 0.717) is 24.4 Å². The summed E-state index contributed by atoms with van der Waals surface area (Å²) in [6, 6.07) is 17.1. The van der Waals surface area contributed by atoms with E-state index in [0.717, 1.165) is 5.56 Å². The summed E-state index contributed by atoms with van der Waals surface area (Å²) in [7, 11) is 0. The van der Waals surface area contributed by atoms with Crippen LogP contribution in [0.15, 0.2) is 54.6 Å². The first-order valence-electron chi connectivity index (χ1n) is 7.48. The van der Waals surface area contributed by atoms with Gasteiger partial charge in [-0.25, -0.2) is 0 Å². The molecule has 23 heavy (non-hydrogen) atoms. The second kappa shape index (κ2) is 6.52. The molecule has 2 aromatic rings. The highest BCUT2D eigenvalue weighted by Crippen LogP contribution is 2.34. The Labute approximate surface area is 134 Å². The van der Waals surface area contributed by atoms with E-state index in [1.807, 2.05) is 48.5 Å². The third-order valence-electron chi connectivity index (χ3n) is 3.79. The number of ether oxygens (including phenoxy) is 1. The zero-order valence-corrected chi connectivity index (χ0v) is 12.5. The minimum Gasteiger partial charge on any atom is -0.481 e. The summed E-state index contributed by atoms with van der Waals surface area (Å²) >= 11 is 0. The molecule has 5 nitrogen and oxygen atoms in total. The van der Waals surface area contributed by atoms with Gasteiger partial charge in [-0.1, -0.05) is 42.5 Å². The van der Waals surface area contributed by atoms with Crippen LogP contribution >= 0.6 is 0 Å². The maximum absolute atomic E-state index is 12.6. The number of carboxylic acid groups (broad SMARTS) is 1. The molecule has 0 aromatic heterocycles. The lowest BCUT2D eigenvalue weighted by atomic mass is 10.1. The monoisotopic (exact) mass is 311 g/mol. The smallest absolute Gasteiger partial charge is 0.307 e. The second-order valence-electron chi connectivity index (χ2n) is 5.40. The van der Waals surface area contributed by atoms with Crippen LogP contribution in [-0.2, 0) is 16.0 Å². The van der Waals surface area contributed by atoms with Crippen LogP contribution in [0.2, 0.25) is 0 Å². The van der Waals surface area contributed by atoms with E-state index in [9.17, 15) is 9.59 Å².